The molecule has 0 spiro atoms. The Morgan fingerprint density at radius 3 is 2.63 bits per heavy atom. The maximum atomic E-state index is 12.2. The van der Waals surface area contributed by atoms with Gasteiger partial charge in [-0.15, -0.1) is 0 Å². The number of methoxy groups -OCH3 is 1. The van der Waals surface area contributed by atoms with Crippen molar-refractivity contribution in [3.63, 3.8) is 0 Å². The quantitative estimate of drug-likeness (QED) is 0.651. The van der Waals surface area contributed by atoms with E-state index in [0.29, 0.717) is 13.1 Å². The van der Waals surface area contributed by atoms with Crippen molar-refractivity contribution in [1.82, 2.24) is 20.4 Å². The minimum atomic E-state index is -0.107. The number of hydrogen-bond donors (Lipinski definition) is 2. The standard InChI is InChI=1S/C21H36N4O2/c1-17-10-14-25(15-11-17)13-7-12-22-21(26)23-16-19(24(2)3)18-8-5-6-9-20(18)27-4/h5-6,8-9,17,19H,7,10-16H2,1-4H3,(H2,22,23,26). The van der Waals surface area contributed by atoms with Gasteiger partial charge in [-0.1, -0.05) is 25.1 Å². The third-order valence-electron chi connectivity index (χ3n) is 5.39. The highest BCUT2D eigenvalue weighted by Gasteiger charge is 2.19. The van der Waals surface area contributed by atoms with Crippen LogP contribution in [0, 0.1) is 5.92 Å². The zero-order chi connectivity index (χ0) is 19.6. The van der Waals surface area contributed by atoms with E-state index in [1.165, 1.54) is 25.9 Å². The molecule has 27 heavy (non-hydrogen) atoms. The van der Waals surface area contributed by atoms with E-state index in [1.54, 1.807) is 7.11 Å². The summed E-state index contributed by atoms with van der Waals surface area (Å²) in [5.74, 6) is 1.70. The van der Waals surface area contributed by atoms with E-state index >= 15 is 0 Å². The molecule has 1 fully saturated rings. The van der Waals surface area contributed by atoms with Crippen molar-refractivity contribution < 1.29 is 9.53 Å². The summed E-state index contributed by atoms with van der Waals surface area (Å²) in [5, 5.41) is 5.98. The van der Waals surface area contributed by atoms with Crippen molar-refractivity contribution in [1.29, 1.82) is 0 Å². The molecule has 6 heteroatoms. The molecular weight excluding hydrogens is 340 g/mol. The number of benzene rings is 1. The topological polar surface area (TPSA) is 56.8 Å². The SMILES string of the molecule is COc1ccccc1C(CNC(=O)NCCCN1CCC(C)CC1)N(C)C. The Kier molecular flexibility index (Phi) is 8.88. The number of carbonyl (C=O) groups is 1. The van der Waals surface area contributed by atoms with E-state index in [1.807, 2.05) is 38.4 Å². The van der Waals surface area contributed by atoms with Gasteiger partial charge in [-0.3, -0.25) is 0 Å². The first-order chi connectivity index (χ1) is 13.0. The van der Waals surface area contributed by atoms with Gasteiger partial charge in [0.25, 0.3) is 0 Å². The minimum Gasteiger partial charge on any atom is -0.496 e. The molecule has 1 aliphatic heterocycles. The van der Waals surface area contributed by atoms with Crippen molar-refractivity contribution >= 4 is 6.03 Å². The number of rotatable bonds is 9. The molecule has 6 nitrogen and oxygen atoms in total. The maximum absolute atomic E-state index is 12.2. The molecule has 1 atom stereocenters. The summed E-state index contributed by atoms with van der Waals surface area (Å²) in [4.78, 5) is 16.8. The number of urea groups is 1. The number of piperidine rings is 1. The second kappa shape index (κ2) is 11.1. The molecule has 2 N–H and O–H groups in total. The fraction of sp³-hybridized carbons (Fsp3) is 0.667. The Bertz CT molecular complexity index is 571. The van der Waals surface area contributed by atoms with Crippen molar-refractivity contribution in [2.45, 2.75) is 32.2 Å². The van der Waals surface area contributed by atoms with Gasteiger partial charge < -0.3 is 25.2 Å². The van der Waals surface area contributed by atoms with Crippen LogP contribution in [0.4, 0.5) is 4.79 Å². The molecule has 1 heterocycles. The summed E-state index contributed by atoms with van der Waals surface area (Å²) in [7, 11) is 5.70. The highest BCUT2D eigenvalue weighted by atomic mass is 16.5. The molecule has 2 amide bonds. The molecule has 1 aromatic carbocycles. The van der Waals surface area contributed by atoms with Gasteiger partial charge in [0.1, 0.15) is 5.75 Å². The Labute approximate surface area is 164 Å². The third-order valence-corrected chi connectivity index (χ3v) is 5.39. The van der Waals surface area contributed by atoms with Crippen LogP contribution in [0.25, 0.3) is 0 Å². The van der Waals surface area contributed by atoms with Gasteiger partial charge >= 0.3 is 6.03 Å². The first kappa shape index (κ1) is 21.5. The Hall–Kier alpha value is -1.79. The first-order valence-electron chi connectivity index (χ1n) is 10.0. The van der Waals surface area contributed by atoms with E-state index in [-0.39, 0.29) is 12.1 Å². The third kappa shape index (κ3) is 7.03. The molecule has 152 valence electrons. The highest BCUT2D eigenvalue weighted by molar-refractivity contribution is 5.73. The average Bonchev–Trinajstić information content (AvgIpc) is 2.67. The summed E-state index contributed by atoms with van der Waals surface area (Å²) in [6.07, 6.45) is 3.58. The number of likely N-dealkylation sites (N-methyl/N-ethyl adjacent to an activating group) is 1. The lowest BCUT2D eigenvalue weighted by Gasteiger charge is -2.30. The Morgan fingerprint density at radius 2 is 1.96 bits per heavy atom. The number of para-hydroxylation sites is 1. The van der Waals surface area contributed by atoms with E-state index < -0.39 is 0 Å². The van der Waals surface area contributed by atoms with Crippen LogP contribution >= 0.6 is 0 Å². The van der Waals surface area contributed by atoms with Crippen LogP contribution in [-0.4, -0.2) is 69.8 Å². The molecule has 0 aromatic heterocycles. The number of amides is 2. The van der Waals surface area contributed by atoms with Crippen molar-refractivity contribution in [3.8, 4) is 5.75 Å². The molecule has 1 aromatic rings. The van der Waals surface area contributed by atoms with E-state index in [9.17, 15) is 4.79 Å². The lowest BCUT2D eigenvalue weighted by atomic mass is 9.99. The van der Waals surface area contributed by atoms with Crippen LogP contribution < -0.4 is 15.4 Å². The molecule has 1 saturated heterocycles. The molecule has 0 saturated carbocycles. The van der Waals surface area contributed by atoms with Crippen molar-refractivity contribution in [2.24, 2.45) is 5.92 Å². The largest absolute Gasteiger partial charge is 0.496 e. The van der Waals surface area contributed by atoms with Crippen LogP contribution in [0.2, 0.25) is 0 Å². The second-order valence-electron chi connectivity index (χ2n) is 7.74. The van der Waals surface area contributed by atoms with Gasteiger partial charge in [0.15, 0.2) is 0 Å². The zero-order valence-corrected chi connectivity index (χ0v) is 17.3. The fourth-order valence-corrected chi connectivity index (χ4v) is 3.55. The number of hydrogen-bond acceptors (Lipinski definition) is 4. The van der Waals surface area contributed by atoms with Gasteiger partial charge in [-0.25, -0.2) is 4.79 Å². The van der Waals surface area contributed by atoms with Gasteiger partial charge in [0, 0.05) is 18.7 Å². The van der Waals surface area contributed by atoms with E-state index in [2.05, 4.69) is 27.4 Å². The van der Waals surface area contributed by atoms with Crippen molar-refractivity contribution in [2.75, 3.05) is 53.9 Å². The molecule has 1 aliphatic rings. The molecule has 0 radical (unpaired) electrons. The number of carbonyl (C=O) groups excluding carboxylic acids is 1. The van der Waals surface area contributed by atoms with Crippen LogP contribution in [-0.2, 0) is 0 Å². The predicted octanol–water partition coefficient (Wildman–Crippen LogP) is 2.72. The van der Waals surface area contributed by atoms with Gasteiger partial charge in [-0.05, 0) is 65.0 Å². The van der Waals surface area contributed by atoms with Gasteiger partial charge in [0.05, 0.1) is 13.2 Å². The monoisotopic (exact) mass is 376 g/mol. The summed E-state index contributed by atoms with van der Waals surface area (Å²) in [5.41, 5.74) is 1.07. The minimum absolute atomic E-state index is 0.0576. The smallest absolute Gasteiger partial charge is 0.314 e. The summed E-state index contributed by atoms with van der Waals surface area (Å²) in [6, 6.07) is 7.90. The van der Waals surface area contributed by atoms with Gasteiger partial charge in [0.2, 0.25) is 0 Å². The van der Waals surface area contributed by atoms with Crippen LogP contribution in [0.1, 0.15) is 37.8 Å². The summed E-state index contributed by atoms with van der Waals surface area (Å²) >= 11 is 0. The number of likely N-dealkylation sites (tertiary alicyclic amines) is 1. The lowest BCUT2D eigenvalue weighted by molar-refractivity contribution is 0.190. The van der Waals surface area contributed by atoms with Gasteiger partial charge in [-0.2, -0.15) is 0 Å². The van der Waals surface area contributed by atoms with E-state index in [0.717, 1.165) is 30.2 Å². The average molecular weight is 377 g/mol. The number of nitrogens with one attached hydrogen (secondary N) is 2. The highest BCUT2D eigenvalue weighted by Crippen LogP contribution is 2.27. The van der Waals surface area contributed by atoms with Crippen LogP contribution in [0.3, 0.4) is 0 Å². The summed E-state index contributed by atoms with van der Waals surface area (Å²) in [6.45, 7) is 7.01. The molecule has 1 unspecified atom stereocenters. The normalized spacial score (nSPS) is 16.9. The van der Waals surface area contributed by atoms with E-state index in [4.69, 9.17) is 4.74 Å². The second-order valence-corrected chi connectivity index (χ2v) is 7.74. The lowest BCUT2D eigenvalue weighted by Crippen LogP contribution is -2.41. The number of nitrogens with zero attached hydrogens (tertiary/aromatic N) is 2. The number of ether oxygens (including phenoxy) is 1. The molecular formula is C21H36N4O2. The summed E-state index contributed by atoms with van der Waals surface area (Å²) < 4.78 is 5.47. The zero-order valence-electron chi connectivity index (χ0n) is 17.3. The predicted molar refractivity (Wildman–Crippen MR) is 110 cm³/mol. The molecule has 2 rings (SSSR count). The first-order valence-corrected chi connectivity index (χ1v) is 10.0. The molecule has 0 aliphatic carbocycles. The molecule has 0 bridgehead atoms. The van der Waals surface area contributed by atoms with Crippen LogP contribution in [0.15, 0.2) is 24.3 Å². The fourth-order valence-electron chi connectivity index (χ4n) is 3.55. The Balaban J connectivity index is 1.71. The van der Waals surface area contributed by atoms with Crippen molar-refractivity contribution in [3.05, 3.63) is 29.8 Å². The Morgan fingerprint density at radius 1 is 1.26 bits per heavy atom. The van der Waals surface area contributed by atoms with Crippen LogP contribution in [0.5, 0.6) is 5.75 Å². The maximum Gasteiger partial charge on any atom is 0.314 e.